The third-order valence-corrected chi connectivity index (χ3v) is 3.11. The van der Waals surface area contributed by atoms with Crippen LogP contribution < -0.4 is 10.1 Å². The summed E-state index contributed by atoms with van der Waals surface area (Å²) >= 11 is 0. The first-order chi connectivity index (χ1) is 7.72. The zero-order valence-electron chi connectivity index (χ0n) is 9.69. The molecule has 3 nitrogen and oxygen atoms in total. The van der Waals surface area contributed by atoms with E-state index >= 15 is 0 Å². The van der Waals surface area contributed by atoms with Gasteiger partial charge in [-0.15, -0.1) is 0 Å². The maximum Gasteiger partial charge on any atom is 0.227 e. The fourth-order valence-electron chi connectivity index (χ4n) is 1.80. The molecule has 1 atom stereocenters. The summed E-state index contributed by atoms with van der Waals surface area (Å²) in [5.74, 6) is 1.48. The molecule has 0 bridgehead atoms. The molecule has 1 aliphatic carbocycles. The van der Waals surface area contributed by atoms with E-state index in [9.17, 15) is 4.79 Å². The van der Waals surface area contributed by atoms with Crippen LogP contribution in [-0.2, 0) is 4.79 Å². The van der Waals surface area contributed by atoms with Crippen molar-refractivity contribution in [1.29, 1.82) is 0 Å². The molecule has 0 spiro atoms. The van der Waals surface area contributed by atoms with E-state index in [4.69, 9.17) is 4.74 Å². The Morgan fingerprint density at radius 2 is 2.12 bits per heavy atom. The van der Waals surface area contributed by atoms with Gasteiger partial charge in [-0.1, -0.05) is 19.1 Å². The number of rotatable bonds is 4. The molecular formula is C13H17NO2. The summed E-state index contributed by atoms with van der Waals surface area (Å²) in [6, 6.07) is 7.48. The molecule has 1 aliphatic rings. The minimum Gasteiger partial charge on any atom is -0.495 e. The number of amides is 1. The molecule has 1 fully saturated rings. The summed E-state index contributed by atoms with van der Waals surface area (Å²) in [7, 11) is 1.61. The molecule has 1 aromatic rings. The van der Waals surface area contributed by atoms with Crippen LogP contribution in [0, 0.1) is 11.8 Å². The van der Waals surface area contributed by atoms with Gasteiger partial charge in [-0.2, -0.15) is 0 Å². The van der Waals surface area contributed by atoms with Crippen LogP contribution in [0.1, 0.15) is 19.8 Å². The Balaban J connectivity index is 2.04. The molecule has 1 unspecified atom stereocenters. The highest BCUT2D eigenvalue weighted by Gasteiger charge is 2.32. The van der Waals surface area contributed by atoms with Crippen LogP contribution in [0.25, 0.3) is 0 Å². The molecule has 1 amide bonds. The van der Waals surface area contributed by atoms with E-state index in [0.29, 0.717) is 11.7 Å². The van der Waals surface area contributed by atoms with Crippen molar-refractivity contribution in [3.63, 3.8) is 0 Å². The number of hydrogen-bond donors (Lipinski definition) is 1. The first kappa shape index (κ1) is 11.0. The highest BCUT2D eigenvalue weighted by atomic mass is 16.5. The lowest BCUT2D eigenvalue weighted by Crippen LogP contribution is -2.22. The van der Waals surface area contributed by atoms with Crippen LogP contribution in [0.3, 0.4) is 0 Å². The topological polar surface area (TPSA) is 38.3 Å². The average Bonchev–Trinajstić information content (AvgIpc) is 3.12. The van der Waals surface area contributed by atoms with E-state index in [1.54, 1.807) is 7.11 Å². The summed E-state index contributed by atoms with van der Waals surface area (Å²) in [6.45, 7) is 1.99. The van der Waals surface area contributed by atoms with Crippen LogP contribution in [0.2, 0.25) is 0 Å². The number of anilines is 1. The smallest absolute Gasteiger partial charge is 0.227 e. The molecule has 2 rings (SSSR count). The molecule has 1 saturated carbocycles. The van der Waals surface area contributed by atoms with Crippen molar-refractivity contribution >= 4 is 11.6 Å². The van der Waals surface area contributed by atoms with Gasteiger partial charge >= 0.3 is 0 Å². The lowest BCUT2D eigenvalue weighted by atomic mass is 10.1. The Morgan fingerprint density at radius 1 is 1.44 bits per heavy atom. The highest BCUT2D eigenvalue weighted by molar-refractivity contribution is 5.94. The zero-order chi connectivity index (χ0) is 11.5. The summed E-state index contributed by atoms with van der Waals surface area (Å²) in [5.41, 5.74) is 0.752. The SMILES string of the molecule is COc1ccccc1NC(=O)C(C)C1CC1. The predicted octanol–water partition coefficient (Wildman–Crippen LogP) is 2.68. The van der Waals surface area contributed by atoms with Gasteiger partial charge in [-0.25, -0.2) is 0 Å². The second-order valence-corrected chi connectivity index (χ2v) is 4.32. The van der Waals surface area contributed by atoms with E-state index in [1.807, 2.05) is 31.2 Å². The van der Waals surface area contributed by atoms with Crippen molar-refractivity contribution < 1.29 is 9.53 Å². The van der Waals surface area contributed by atoms with Crippen LogP contribution in [0.5, 0.6) is 5.75 Å². The van der Waals surface area contributed by atoms with Crippen LogP contribution in [0.15, 0.2) is 24.3 Å². The Hall–Kier alpha value is -1.51. The molecule has 1 N–H and O–H groups in total. The number of carbonyl (C=O) groups is 1. The summed E-state index contributed by atoms with van der Waals surface area (Å²) in [5, 5.41) is 2.92. The number of benzene rings is 1. The van der Waals surface area contributed by atoms with Gasteiger partial charge in [-0.05, 0) is 30.9 Å². The van der Waals surface area contributed by atoms with Gasteiger partial charge in [-0.3, -0.25) is 4.79 Å². The minimum absolute atomic E-state index is 0.0898. The van der Waals surface area contributed by atoms with Crippen molar-refractivity contribution in [1.82, 2.24) is 0 Å². The largest absolute Gasteiger partial charge is 0.495 e. The Bertz CT molecular complexity index is 385. The van der Waals surface area contributed by atoms with E-state index in [2.05, 4.69) is 5.32 Å². The Kier molecular flexibility index (Phi) is 3.13. The van der Waals surface area contributed by atoms with Gasteiger partial charge < -0.3 is 10.1 Å². The minimum atomic E-state index is 0.0898. The molecular weight excluding hydrogens is 202 g/mol. The number of carbonyl (C=O) groups excluding carboxylic acids is 1. The predicted molar refractivity (Wildman–Crippen MR) is 63.5 cm³/mol. The normalized spacial score (nSPS) is 16.6. The maximum atomic E-state index is 11.9. The molecule has 0 saturated heterocycles. The quantitative estimate of drug-likeness (QED) is 0.845. The monoisotopic (exact) mass is 219 g/mol. The highest BCUT2D eigenvalue weighted by Crippen LogP contribution is 2.37. The molecule has 16 heavy (non-hydrogen) atoms. The first-order valence-corrected chi connectivity index (χ1v) is 5.66. The molecule has 0 radical (unpaired) electrons. The lowest BCUT2D eigenvalue weighted by Gasteiger charge is -2.13. The molecule has 86 valence electrons. The van der Waals surface area contributed by atoms with Crippen molar-refractivity contribution in [3.8, 4) is 5.75 Å². The van der Waals surface area contributed by atoms with Crippen LogP contribution in [0.4, 0.5) is 5.69 Å². The maximum absolute atomic E-state index is 11.9. The lowest BCUT2D eigenvalue weighted by molar-refractivity contribution is -0.119. The Morgan fingerprint density at radius 3 is 2.75 bits per heavy atom. The number of ether oxygens (including phenoxy) is 1. The average molecular weight is 219 g/mol. The van der Waals surface area contributed by atoms with Crippen molar-refractivity contribution in [2.24, 2.45) is 11.8 Å². The van der Waals surface area contributed by atoms with Gasteiger partial charge in [0.15, 0.2) is 0 Å². The standard InChI is InChI=1S/C13H17NO2/c1-9(10-7-8-10)13(15)14-11-5-3-4-6-12(11)16-2/h3-6,9-10H,7-8H2,1-2H3,(H,14,15). The van der Waals surface area contributed by atoms with E-state index in [1.165, 1.54) is 12.8 Å². The van der Waals surface area contributed by atoms with Gasteiger partial charge in [0.2, 0.25) is 5.91 Å². The van der Waals surface area contributed by atoms with Crippen molar-refractivity contribution in [2.75, 3.05) is 12.4 Å². The number of para-hydroxylation sites is 2. The van der Waals surface area contributed by atoms with Crippen molar-refractivity contribution in [2.45, 2.75) is 19.8 Å². The fourth-order valence-corrected chi connectivity index (χ4v) is 1.80. The van der Waals surface area contributed by atoms with Crippen molar-refractivity contribution in [3.05, 3.63) is 24.3 Å². The number of hydrogen-bond acceptors (Lipinski definition) is 2. The molecule has 3 heteroatoms. The van der Waals surface area contributed by atoms with Gasteiger partial charge in [0.05, 0.1) is 12.8 Å². The van der Waals surface area contributed by atoms with Gasteiger partial charge in [0, 0.05) is 5.92 Å². The Labute approximate surface area is 95.8 Å². The van der Waals surface area contributed by atoms with Crippen LogP contribution >= 0.6 is 0 Å². The second-order valence-electron chi connectivity index (χ2n) is 4.32. The molecule has 0 aliphatic heterocycles. The van der Waals surface area contributed by atoms with E-state index < -0.39 is 0 Å². The number of nitrogens with one attached hydrogen (secondary N) is 1. The second kappa shape index (κ2) is 4.56. The third-order valence-electron chi connectivity index (χ3n) is 3.11. The van der Waals surface area contributed by atoms with E-state index in [-0.39, 0.29) is 11.8 Å². The molecule has 1 aromatic carbocycles. The summed E-state index contributed by atoms with van der Waals surface area (Å²) in [6.07, 6.45) is 2.36. The zero-order valence-corrected chi connectivity index (χ0v) is 9.69. The third kappa shape index (κ3) is 2.35. The fraction of sp³-hybridized carbons (Fsp3) is 0.462. The van der Waals surface area contributed by atoms with E-state index in [0.717, 1.165) is 5.69 Å². The summed E-state index contributed by atoms with van der Waals surface area (Å²) < 4.78 is 5.19. The van der Waals surface area contributed by atoms with Gasteiger partial charge in [0.25, 0.3) is 0 Å². The van der Waals surface area contributed by atoms with Crippen LogP contribution in [-0.4, -0.2) is 13.0 Å². The molecule has 0 aromatic heterocycles. The van der Waals surface area contributed by atoms with Gasteiger partial charge in [0.1, 0.15) is 5.75 Å². The number of methoxy groups -OCH3 is 1. The summed E-state index contributed by atoms with van der Waals surface area (Å²) in [4.78, 5) is 11.9. The first-order valence-electron chi connectivity index (χ1n) is 5.66. The molecule has 0 heterocycles.